The van der Waals surface area contributed by atoms with E-state index in [2.05, 4.69) is 30.9 Å². The first-order valence-corrected chi connectivity index (χ1v) is 21.0. The van der Waals surface area contributed by atoms with Gasteiger partial charge in [0, 0.05) is 43.2 Å². The number of hydrogen-bond donors (Lipinski definition) is 3. The first kappa shape index (κ1) is 49.8. The lowest BCUT2D eigenvalue weighted by Gasteiger charge is -2.36. The molecule has 1 aliphatic heterocycles. The minimum absolute atomic E-state index is 0.0612. The van der Waals surface area contributed by atoms with Crippen molar-refractivity contribution < 1.29 is 56.0 Å². The Morgan fingerprint density at radius 1 is 0.810 bits per heavy atom. The van der Waals surface area contributed by atoms with Gasteiger partial charge in [0.15, 0.2) is 6.61 Å². The minimum atomic E-state index is -4.64. The zero-order valence-corrected chi connectivity index (χ0v) is 37.1. The van der Waals surface area contributed by atoms with Gasteiger partial charge in [-0.15, -0.1) is 0 Å². The molecule has 2 heterocycles. The zero-order valence-electron chi connectivity index (χ0n) is 37.1. The van der Waals surface area contributed by atoms with Crippen LogP contribution < -0.4 is 25.4 Å². The molecule has 2 aromatic carbocycles. The van der Waals surface area contributed by atoms with Crippen molar-refractivity contribution in [2.75, 3.05) is 44.0 Å². The van der Waals surface area contributed by atoms with Crippen molar-refractivity contribution in [1.29, 1.82) is 0 Å². The summed E-state index contributed by atoms with van der Waals surface area (Å²) in [4.78, 5) is 64.6. The number of piperidine rings is 1. The average Bonchev–Trinajstić information content (AvgIpc) is 3.21. The van der Waals surface area contributed by atoms with Gasteiger partial charge in [-0.25, -0.2) is 9.59 Å². The van der Waals surface area contributed by atoms with Crippen molar-refractivity contribution in [3.63, 3.8) is 0 Å². The third-order valence-corrected chi connectivity index (χ3v) is 9.29. The maximum atomic E-state index is 13.4. The average molecular weight is 888 g/mol. The second kappa shape index (κ2) is 23.0. The number of anilines is 3. The van der Waals surface area contributed by atoms with Crippen LogP contribution in [0.1, 0.15) is 109 Å². The summed E-state index contributed by atoms with van der Waals surface area (Å²) in [5.41, 5.74) is 0.214. The van der Waals surface area contributed by atoms with E-state index in [1.807, 2.05) is 45.0 Å². The van der Waals surface area contributed by atoms with E-state index in [1.165, 1.54) is 36.3 Å². The number of carbonyl (C=O) groups excluding carboxylic acids is 4. The SMILES string of the molecule is COC(=O)C(NC(=O)c1ccc(Nc2nc(NCc3ccc(OCCCCCCCC(=O)OC(C)(C)C)cc3)nc(OCC(F)(F)F)n2)cc1)C1CCCN(C(=O)OC(C)(C)C)C1. The van der Waals surface area contributed by atoms with Crippen LogP contribution in [0.25, 0.3) is 0 Å². The normalized spacial score (nSPS) is 14.8. The standard InChI is InChI=1S/C44H60F3N7O9/c1-42(2,3)62-34(55)15-11-9-8-10-12-25-60-33-22-16-29(17-23-33)26-48-38-51-39(53-40(52-38)61-28-44(45,46)47)49-32-20-18-30(19-21-32)36(56)50-35(37(57)59-7)31-14-13-24-54(27-31)41(58)63-43(4,5)6/h16-23,31,35H,8-15,24-28H2,1-7H3,(H,50,56)(H2,48,49,51,52,53). The number of halogens is 3. The number of carbonyl (C=O) groups is 4. The van der Waals surface area contributed by atoms with E-state index in [9.17, 15) is 32.3 Å². The van der Waals surface area contributed by atoms with Crippen LogP contribution in [0.5, 0.6) is 11.8 Å². The fraction of sp³-hybridized carbons (Fsp3) is 0.568. The number of amides is 2. The molecule has 1 aromatic heterocycles. The number of unbranched alkanes of at least 4 members (excludes halogenated alkanes) is 4. The van der Waals surface area contributed by atoms with Crippen molar-refractivity contribution in [2.24, 2.45) is 5.92 Å². The number of hydrogen-bond acceptors (Lipinski definition) is 14. The van der Waals surface area contributed by atoms with Gasteiger partial charge in [-0.3, -0.25) is 9.59 Å². The molecular formula is C44H60F3N7O9. The highest BCUT2D eigenvalue weighted by atomic mass is 19.4. The molecule has 3 N–H and O–H groups in total. The predicted octanol–water partition coefficient (Wildman–Crippen LogP) is 8.15. The summed E-state index contributed by atoms with van der Waals surface area (Å²) in [5.74, 6) is -1.35. The van der Waals surface area contributed by atoms with Crippen LogP contribution in [0.2, 0.25) is 0 Å². The molecular weight excluding hydrogens is 828 g/mol. The smallest absolute Gasteiger partial charge is 0.422 e. The van der Waals surface area contributed by atoms with Crippen molar-refractivity contribution in [3.8, 4) is 11.8 Å². The number of methoxy groups -OCH3 is 1. The van der Waals surface area contributed by atoms with Crippen LogP contribution in [0.15, 0.2) is 48.5 Å². The topological polar surface area (TPSA) is 192 Å². The Bertz CT molecular complexity index is 1950. The lowest BCUT2D eigenvalue weighted by molar-refractivity contribution is -0.155. The Kier molecular flexibility index (Phi) is 18.2. The van der Waals surface area contributed by atoms with Crippen LogP contribution in [-0.4, -0.2) is 101 Å². The van der Waals surface area contributed by atoms with Crippen LogP contribution in [0.4, 0.5) is 35.5 Å². The van der Waals surface area contributed by atoms with E-state index in [0.717, 1.165) is 37.7 Å². The first-order valence-electron chi connectivity index (χ1n) is 21.0. The lowest BCUT2D eigenvalue weighted by atomic mass is 9.90. The fourth-order valence-electron chi connectivity index (χ4n) is 6.40. The molecule has 63 heavy (non-hydrogen) atoms. The summed E-state index contributed by atoms with van der Waals surface area (Å²) >= 11 is 0. The largest absolute Gasteiger partial charge is 0.494 e. The summed E-state index contributed by atoms with van der Waals surface area (Å²) in [6, 6.07) is 11.7. The summed E-state index contributed by atoms with van der Waals surface area (Å²) in [7, 11) is 1.22. The number of rotatable bonds is 20. The van der Waals surface area contributed by atoms with Crippen molar-refractivity contribution >= 4 is 41.5 Å². The molecule has 0 radical (unpaired) electrons. The number of nitrogens with zero attached hydrogens (tertiary/aromatic N) is 4. The number of benzene rings is 2. The van der Waals surface area contributed by atoms with Gasteiger partial charge in [-0.1, -0.05) is 31.4 Å². The second-order valence-electron chi connectivity index (χ2n) is 17.1. The molecule has 1 aliphatic rings. The van der Waals surface area contributed by atoms with E-state index < -0.39 is 59.9 Å². The second-order valence-corrected chi connectivity index (χ2v) is 17.1. The quantitative estimate of drug-likeness (QED) is 0.0559. The highest BCUT2D eigenvalue weighted by Crippen LogP contribution is 2.25. The Morgan fingerprint density at radius 3 is 2.11 bits per heavy atom. The first-order chi connectivity index (χ1) is 29.7. The van der Waals surface area contributed by atoms with E-state index in [1.54, 1.807) is 20.8 Å². The predicted molar refractivity (Wildman–Crippen MR) is 228 cm³/mol. The number of esters is 2. The molecule has 0 bridgehead atoms. The Hall–Kier alpha value is -5.88. The van der Waals surface area contributed by atoms with Crippen molar-refractivity contribution in [2.45, 2.75) is 123 Å². The Morgan fingerprint density at radius 2 is 1.46 bits per heavy atom. The lowest BCUT2D eigenvalue weighted by Crippen LogP contribution is -2.53. The van der Waals surface area contributed by atoms with Crippen LogP contribution in [0.3, 0.4) is 0 Å². The Labute approximate surface area is 366 Å². The number of likely N-dealkylation sites (tertiary alicyclic amines) is 1. The number of ether oxygens (including phenoxy) is 5. The molecule has 19 heteroatoms. The maximum Gasteiger partial charge on any atom is 0.422 e. The third kappa shape index (κ3) is 18.6. The van der Waals surface area contributed by atoms with Crippen molar-refractivity contribution in [3.05, 3.63) is 59.7 Å². The molecule has 4 rings (SSSR count). The molecule has 0 saturated carbocycles. The van der Waals surface area contributed by atoms with Gasteiger partial charge in [-0.2, -0.15) is 28.1 Å². The summed E-state index contributed by atoms with van der Waals surface area (Å²) in [6.07, 6.45) is 0.961. The van der Waals surface area contributed by atoms with Gasteiger partial charge >= 0.3 is 30.2 Å². The molecule has 2 unspecified atom stereocenters. The summed E-state index contributed by atoms with van der Waals surface area (Å²) in [5, 5.41) is 8.64. The molecule has 1 fully saturated rings. The molecule has 0 aliphatic carbocycles. The van der Waals surface area contributed by atoms with Gasteiger partial charge in [0.2, 0.25) is 11.9 Å². The molecule has 0 spiro atoms. The van der Waals surface area contributed by atoms with Crippen LogP contribution >= 0.6 is 0 Å². The van der Waals surface area contributed by atoms with Gasteiger partial charge < -0.3 is 44.5 Å². The highest BCUT2D eigenvalue weighted by molar-refractivity contribution is 5.97. The summed E-state index contributed by atoms with van der Waals surface area (Å²) < 4.78 is 65.7. The number of nitrogens with one attached hydrogen (secondary N) is 3. The molecule has 1 saturated heterocycles. The van der Waals surface area contributed by atoms with E-state index in [-0.39, 0.29) is 36.5 Å². The molecule has 16 nitrogen and oxygen atoms in total. The van der Waals surface area contributed by atoms with Gasteiger partial charge in [0.1, 0.15) is 23.0 Å². The molecule has 346 valence electrons. The van der Waals surface area contributed by atoms with Crippen LogP contribution in [-0.2, 0) is 30.3 Å². The zero-order chi connectivity index (χ0) is 46.2. The van der Waals surface area contributed by atoms with Crippen LogP contribution in [0, 0.1) is 5.92 Å². The highest BCUT2D eigenvalue weighted by Gasteiger charge is 2.37. The number of alkyl halides is 3. The molecule has 2 amide bonds. The minimum Gasteiger partial charge on any atom is -0.494 e. The fourth-order valence-corrected chi connectivity index (χ4v) is 6.40. The number of aromatic nitrogens is 3. The van der Waals surface area contributed by atoms with Gasteiger partial charge in [0.05, 0.1) is 13.7 Å². The van der Waals surface area contributed by atoms with Gasteiger partial charge in [-0.05, 0) is 109 Å². The van der Waals surface area contributed by atoms with E-state index in [4.69, 9.17) is 23.7 Å². The molecule has 2 atom stereocenters. The summed E-state index contributed by atoms with van der Waals surface area (Å²) in [6.45, 7) is 10.6. The maximum absolute atomic E-state index is 13.4. The third-order valence-electron chi connectivity index (χ3n) is 9.29. The Balaban J connectivity index is 1.31. The van der Waals surface area contributed by atoms with Gasteiger partial charge in [0.25, 0.3) is 5.91 Å². The molecule has 3 aromatic rings. The van der Waals surface area contributed by atoms with E-state index in [0.29, 0.717) is 43.9 Å². The van der Waals surface area contributed by atoms with Crippen molar-refractivity contribution in [1.82, 2.24) is 25.2 Å². The van der Waals surface area contributed by atoms with E-state index >= 15 is 0 Å². The monoisotopic (exact) mass is 887 g/mol.